The van der Waals surface area contributed by atoms with E-state index in [0.717, 1.165) is 25.9 Å². The molecule has 2 saturated heterocycles. The Hall–Kier alpha value is -1.66. The number of piperidine rings is 1. The maximum absolute atomic E-state index is 12.3. The smallest absolute Gasteiger partial charge is 0.341 e. The van der Waals surface area contributed by atoms with Crippen LogP contribution in [0.15, 0.2) is 18.3 Å². The topological polar surface area (TPSA) is 71.9 Å². The van der Waals surface area contributed by atoms with Crippen LogP contribution in [0, 0.1) is 5.41 Å². The molecule has 0 aliphatic carbocycles. The monoisotopic (exact) mass is 376 g/mol. The predicted octanol–water partition coefficient (Wildman–Crippen LogP) is 3.18. The van der Waals surface area contributed by atoms with Crippen LogP contribution in [0.2, 0.25) is 0 Å². The number of ether oxygens (including phenoxy) is 2. The van der Waals surface area contributed by atoms with Crippen molar-refractivity contribution in [3.05, 3.63) is 23.9 Å². The van der Waals surface area contributed by atoms with Crippen LogP contribution >= 0.6 is 0 Å². The largest absolute Gasteiger partial charge is 0.462 e. The lowest BCUT2D eigenvalue weighted by Crippen LogP contribution is -2.55. The van der Waals surface area contributed by atoms with Gasteiger partial charge in [0.05, 0.1) is 24.4 Å². The second-order valence-corrected chi connectivity index (χ2v) is 8.83. The van der Waals surface area contributed by atoms with Gasteiger partial charge in [0, 0.05) is 32.1 Å². The molecule has 3 rings (SSSR count). The van der Waals surface area contributed by atoms with Gasteiger partial charge in [0.25, 0.3) is 0 Å². The first-order chi connectivity index (χ1) is 12.7. The number of aliphatic hydroxyl groups excluding tert-OH is 1. The van der Waals surface area contributed by atoms with Crippen molar-refractivity contribution in [1.29, 1.82) is 0 Å². The zero-order valence-electron chi connectivity index (χ0n) is 16.9. The minimum atomic E-state index is -0.335. The van der Waals surface area contributed by atoms with Crippen LogP contribution in [-0.4, -0.2) is 53.6 Å². The van der Waals surface area contributed by atoms with Crippen LogP contribution in [0.4, 0.5) is 5.82 Å². The van der Waals surface area contributed by atoms with Gasteiger partial charge >= 0.3 is 5.97 Å². The van der Waals surface area contributed by atoms with Crippen molar-refractivity contribution in [2.45, 2.75) is 71.2 Å². The van der Waals surface area contributed by atoms with Crippen molar-refractivity contribution in [3.63, 3.8) is 0 Å². The fraction of sp³-hybridized carbons (Fsp3) is 0.714. The van der Waals surface area contributed by atoms with E-state index in [-0.39, 0.29) is 29.2 Å². The van der Waals surface area contributed by atoms with Gasteiger partial charge in [-0.25, -0.2) is 9.78 Å². The highest BCUT2D eigenvalue weighted by Crippen LogP contribution is 2.43. The predicted molar refractivity (Wildman–Crippen MR) is 104 cm³/mol. The van der Waals surface area contributed by atoms with E-state index in [1.807, 2.05) is 0 Å². The second-order valence-electron chi connectivity index (χ2n) is 8.83. The Morgan fingerprint density at radius 2 is 2.11 bits per heavy atom. The van der Waals surface area contributed by atoms with E-state index in [9.17, 15) is 9.90 Å². The van der Waals surface area contributed by atoms with Gasteiger partial charge in [-0.1, -0.05) is 20.8 Å². The Kier molecular flexibility index (Phi) is 5.77. The normalized spacial score (nSPS) is 25.4. The molecule has 2 fully saturated rings. The van der Waals surface area contributed by atoms with Gasteiger partial charge in [-0.3, -0.25) is 0 Å². The molecule has 0 unspecified atom stereocenters. The van der Waals surface area contributed by atoms with Gasteiger partial charge in [-0.15, -0.1) is 0 Å². The summed E-state index contributed by atoms with van der Waals surface area (Å²) in [5, 5.41) is 10.5. The lowest BCUT2D eigenvalue weighted by molar-refractivity contribution is -0.199. The number of carbonyl (C=O) groups excluding carboxylic acids is 1. The van der Waals surface area contributed by atoms with Crippen LogP contribution in [-0.2, 0) is 9.47 Å². The number of hydrogen-bond acceptors (Lipinski definition) is 6. The first-order valence-corrected chi connectivity index (χ1v) is 9.97. The number of pyridine rings is 1. The van der Waals surface area contributed by atoms with Gasteiger partial charge in [-0.2, -0.15) is 0 Å². The quantitative estimate of drug-likeness (QED) is 0.817. The zero-order valence-corrected chi connectivity index (χ0v) is 16.9. The lowest BCUT2D eigenvalue weighted by atomic mass is 9.76. The molecule has 6 nitrogen and oxygen atoms in total. The molecule has 27 heavy (non-hydrogen) atoms. The highest BCUT2D eigenvalue weighted by Gasteiger charge is 2.46. The molecule has 0 aromatic carbocycles. The van der Waals surface area contributed by atoms with E-state index in [0.29, 0.717) is 30.8 Å². The maximum atomic E-state index is 12.3. The number of anilines is 1. The Bertz CT molecular complexity index is 662. The molecular formula is C21H32N2O4. The molecule has 1 aromatic heterocycles. The molecule has 2 aliphatic rings. The summed E-state index contributed by atoms with van der Waals surface area (Å²) in [4.78, 5) is 18.8. The van der Waals surface area contributed by atoms with Gasteiger partial charge in [0.1, 0.15) is 11.4 Å². The van der Waals surface area contributed by atoms with Gasteiger partial charge in [-0.05, 0) is 37.3 Å². The van der Waals surface area contributed by atoms with Crippen LogP contribution < -0.4 is 4.90 Å². The van der Waals surface area contributed by atoms with Crippen LogP contribution in [0.25, 0.3) is 0 Å². The van der Waals surface area contributed by atoms with Crippen LogP contribution in [0.3, 0.4) is 0 Å². The molecule has 0 saturated carbocycles. The fourth-order valence-corrected chi connectivity index (χ4v) is 4.15. The number of aliphatic hydroxyl groups is 1. The van der Waals surface area contributed by atoms with Crippen molar-refractivity contribution >= 4 is 11.8 Å². The molecule has 1 spiro atoms. The first kappa shape index (κ1) is 20.1. The maximum Gasteiger partial charge on any atom is 0.341 e. The summed E-state index contributed by atoms with van der Waals surface area (Å²) in [6, 6.07) is 3.52. The molecule has 1 aromatic rings. The molecule has 6 heteroatoms. The average Bonchev–Trinajstić information content (AvgIpc) is 2.61. The molecular weight excluding hydrogens is 344 g/mol. The molecule has 2 atom stereocenters. The van der Waals surface area contributed by atoms with Crippen molar-refractivity contribution in [1.82, 2.24) is 4.98 Å². The highest BCUT2D eigenvalue weighted by atomic mass is 16.5. The van der Waals surface area contributed by atoms with E-state index in [1.54, 1.807) is 25.3 Å². The number of hydrogen-bond donors (Lipinski definition) is 1. The van der Waals surface area contributed by atoms with E-state index < -0.39 is 0 Å². The SMILES string of the molecule is CCOC(=O)c1cccnc1N1CCC2(CC1)C[C@H](O)C[C@H](C(C)(C)C)O2. The summed E-state index contributed by atoms with van der Waals surface area (Å²) >= 11 is 0. The second kappa shape index (κ2) is 7.76. The zero-order chi connectivity index (χ0) is 19.7. The van der Waals surface area contributed by atoms with Crippen molar-refractivity contribution in [2.24, 2.45) is 5.41 Å². The average molecular weight is 376 g/mol. The Balaban J connectivity index is 1.73. The van der Waals surface area contributed by atoms with Gasteiger partial charge in [0.15, 0.2) is 0 Å². The van der Waals surface area contributed by atoms with E-state index in [1.165, 1.54) is 0 Å². The third-order valence-corrected chi connectivity index (χ3v) is 5.71. The summed E-state index contributed by atoms with van der Waals surface area (Å²) < 4.78 is 11.7. The summed E-state index contributed by atoms with van der Waals surface area (Å²) in [5.41, 5.74) is 0.224. The summed E-state index contributed by atoms with van der Waals surface area (Å²) in [6.45, 7) is 10.1. The first-order valence-electron chi connectivity index (χ1n) is 9.97. The van der Waals surface area contributed by atoms with Gasteiger partial charge in [0.2, 0.25) is 0 Å². The lowest BCUT2D eigenvalue weighted by Gasteiger charge is -2.51. The standard InChI is InChI=1S/C21H32N2O4/c1-5-26-19(25)16-7-6-10-22-18(16)23-11-8-21(9-12-23)14-15(24)13-17(27-21)20(2,3)4/h6-7,10,15,17,24H,5,8-9,11-14H2,1-4H3/t15-,17-/m1/s1. The van der Waals surface area contributed by atoms with Crippen LogP contribution in [0.1, 0.15) is 63.7 Å². The molecule has 2 aliphatic heterocycles. The fourth-order valence-electron chi connectivity index (χ4n) is 4.15. The molecule has 150 valence electrons. The Labute approximate surface area is 161 Å². The third kappa shape index (κ3) is 4.43. The van der Waals surface area contributed by atoms with E-state index >= 15 is 0 Å². The molecule has 1 N–H and O–H groups in total. The Morgan fingerprint density at radius 1 is 1.41 bits per heavy atom. The minimum absolute atomic E-state index is 0.00357. The number of nitrogens with zero attached hydrogens (tertiary/aromatic N) is 2. The summed E-state index contributed by atoms with van der Waals surface area (Å²) in [5.74, 6) is 0.340. The molecule has 3 heterocycles. The van der Waals surface area contributed by atoms with E-state index in [2.05, 4.69) is 30.7 Å². The van der Waals surface area contributed by atoms with Crippen LogP contribution in [0.5, 0.6) is 0 Å². The van der Waals surface area contributed by atoms with Crippen molar-refractivity contribution < 1.29 is 19.4 Å². The molecule has 0 bridgehead atoms. The number of rotatable bonds is 3. The Morgan fingerprint density at radius 3 is 2.74 bits per heavy atom. The number of esters is 1. The molecule has 0 amide bonds. The van der Waals surface area contributed by atoms with Crippen molar-refractivity contribution in [3.8, 4) is 0 Å². The van der Waals surface area contributed by atoms with Crippen molar-refractivity contribution in [2.75, 3.05) is 24.6 Å². The van der Waals surface area contributed by atoms with E-state index in [4.69, 9.17) is 9.47 Å². The summed E-state index contributed by atoms with van der Waals surface area (Å²) in [6.07, 6.45) is 4.45. The van der Waals surface area contributed by atoms with Gasteiger partial charge < -0.3 is 19.5 Å². The number of carbonyl (C=O) groups is 1. The number of aromatic nitrogens is 1. The molecule has 0 radical (unpaired) electrons. The summed E-state index contributed by atoms with van der Waals surface area (Å²) in [7, 11) is 0. The minimum Gasteiger partial charge on any atom is -0.462 e. The third-order valence-electron chi connectivity index (χ3n) is 5.71. The highest BCUT2D eigenvalue weighted by molar-refractivity contribution is 5.94.